The lowest BCUT2D eigenvalue weighted by Crippen LogP contribution is -2.23. The van der Waals surface area contributed by atoms with Crippen molar-refractivity contribution in [3.05, 3.63) is 33.9 Å². The minimum atomic E-state index is -0.274. The summed E-state index contributed by atoms with van der Waals surface area (Å²) in [7, 11) is 1.53. The second-order valence-corrected chi connectivity index (χ2v) is 7.23. The number of hydrogen-bond donors (Lipinski definition) is 1. The Bertz CT molecular complexity index is 753. The molecular weight excluding hydrogens is 390 g/mol. The van der Waals surface area contributed by atoms with Gasteiger partial charge in [0, 0.05) is 11.0 Å². The van der Waals surface area contributed by atoms with Gasteiger partial charge in [0.05, 0.1) is 24.7 Å². The van der Waals surface area contributed by atoms with Crippen LogP contribution in [0, 0.1) is 0 Å². The minimum absolute atomic E-state index is 0.172. The van der Waals surface area contributed by atoms with Crippen molar-refractivity contribution in [2.45, 2.75) is 39.7 Å². The van der Waals surface area contributed by atoms with Gasteiger partial charge in [0.15, 0.2) is 17.3 Å². The van der Waals surface area contributed by atoms with Gasteiger partial charge in [-0.15, -0.1) is 0 Å². The number of nitrogens with zero attached hydrogens (tertiary/aromatic N) is 2. The van der Waals surface area contributed by atoms with Crippen LogP contribution in [-0.2, 0) is 12.0 Å². The molecule has 1 amide bonds. The largest absolute Gasteiger partial charge is 0.493 e. The molecule has 8 heteroatoms. The van der Waals surface area contributed by atoms with E-state index in [-0.39, 0.29) is 17.9 Å². The highest BCUT2D eigenvalue weighted by Gasteiger charge is 2.22. The van der Waals surface area contributed by atoms with Crippen molar-refractivity contribution in [1.29, 1.82) is 0 Å². The Hall–Kier alpha value is -2.09. The van der Waals surface area contributed by atoms with E-state index < -0.39 is 0 Å². The fraction of sp³-hybridized carbons (Fsp3) is 0.471. The Kier molecular flexibility index (Phi) is 6.05. The molecule has 1 heterocycles. The topological polar surface area (TPSA) is 86.5 Å². The first kappa shape index (κ1) is 19.2. The van der Waals surface area contributed by atoms with Gasteiger partial charge in [-0.3, -0.25) is 4.79 Å². The number of halogens is 1. The van der Waals surface area contributed by atoms with E-state index in [0.29, 0.717) is 39.9 Å². The van der Waals surface area contributed by atoms with Crippen LogP contribution in [0.4, 0.5) is 0 Å². The number of benzene rings is 1. The molecule has 1 aromatic carbocycles. The molecule has 0 bridgehead atoms. The molecule has 1 aromatic heterocycles. The summed E-state index contributed by atoms with van der Waals surface area (Å²) in [5.41, 5.74) is 0.203. The highest BCUT2D eigenvalue weighted by molar-refractivity contribution is 9.10. The van der Waals surface area contributed by atoms with Crippen LogP contribution in [0.25, 0.3) is 0 Å². The number of ether oxygens (including phenoxy) is 2. The second kappa shape index (κ2) is 7.86. The smallest absolute Gasteiger partial charge is 0.251 e. The summed E-state index contributed by atoms with van der Waals surface area (Å²) in [5.74, 6) is 1.73. The fourth-order valence-corrected chi connectivity index (χ4v) is 2.58. The van der Waals surface area contributed by atoms with Crippen LogP contribution < -0.4 is 14.8 Å². The number of methoxy groups -OCH3 is 1. The van der Waals surface area contributed by atoms with E-state index in [1.807, 2.05) is 27.7 Å². The number of aromatic nitrogens is 2. The summed E-state index contributed by atoms with van der Waals surface area (Å²) in [4.78, 5) is 16.7. The van der Waals surface area contributed by atoms with E-state index in [9.17, 15) is 4.79 Å². The number of carbonyl (C=O) groups is 1. The molecule has 0 unspecified atom stereocenters. The third kappa shape index (κ3) is 4.72. The van der Waals surface area contributed by atoms with E-state index in [1.54, 1.807) is 12.1 Å². The fourth-order valence-electron chi connectivity index (χ4n) is 2.03. The number of amides is 1. The van der Waals surface area contributed by atoms with E-state index in [4.69, 9.17) is 14.0 Å². The Morgan fingerprint density at radius 3 is 2.64 bits per heavy atom. The van der Waals surface area contributed by atoms with E-state index in [0.717, 1.165) is 0 Å². The molecule has 0 atom stereocenters. The Labute approximate surface area is 155 Å². The highest BCUT2D eigenvalue weighted by Crippen LogP contribution is 2.36. The van der Waals surface area contributed by atoms with Crippen LogP contribution in [0.5, 0.6) is 11.5 Å². The quantitative estimate of drug-likeness (QED) is 0.782. The van der Waals surface area contributed by atoms with Crippen LogP contribution in [0.3, 0.4) is 0 Å². The average molecular weight is 412 g/mol. The van der Waals surface area contributed by atoms with Gasteiger partial charge >= 0.3 is 0 Å². The molecule has 0 spiro atoms. The maximum Gasteiger partial charge on any atom is 0.251 e. The van der Waals surface area contributed by atoms with Crippen molar-refractivity contribution >= 4 is 21.8 Å². The summed E-state index contributed by atoms with van der Waals surface area (Å²) < 4.78 is 16.7. The molecule has 0 radical (unpaired) electrons. The van der Waals surface area contributed by atoms with Crippen molar-refractivity contribution in [3.8, 4) is 11.5 Å². The number of rotatable bonds is 6. The SMILES string of the molecule is CCOc1c(Br)cc(C(=O)NCc2noc(C(C)(C)C)n2)cc1OC. The molecule has 0 aliphatic carbocycles. The first-order chi connectivity index (χ1) is 11.8. The number of carbonyl (C=O) groups excluding carboxylic acids is 1. The maximum atomic E-state index is 12.4. The summed E-state index contributed by atoms with van der Waals surface area (Å²) in [6.07, 6.45) is 0. The van der Waals surface area contributed by atoms with Crippen molar-refractivity contribution in [2.75, 3.05) is 13.7 Å². The summed E-state index contributed by atoms with van der Waals surface area (Å²) in [5, 5.41) is 6.65. The minimum Gasteiger partial charge on any atom is -0.493 e. The average Bonchev–Trinajstić information content (AvgIpc) is 3.03. The molecular formula is C17H22BrN3O4. The molecule has 2 rings (SSSR count). The Morgan fingerprint density at radius 2 is 2.08 bits per heavy atom. The van der Waals surface area contributed by atoms with E-state index in [1.165, 1.54) is 7.11 Å². The van der Waals surface area contributed by atoms with Crippen molar-refractivity contribution in [3.63, 3.8) is 0 Å². The van der Waals surface area contributed by atoms with Gasteiger partial charge in [0.1, 0.15) is 0 Å². The van der Waals surface area contributed by atoms with Crippen molar-refractivity contribution in [2.24, 2.45) is 0 Å². The summed E-state index contributed by atoms with van der Waals surface area (Å²) in [6.45, 7) is 8.48. The Balaban J connectivity index is 2.10. The van der Waals surface area contributed by atoms with Gasteiger partial charge in [-0.1, -0.05) is 25.9 Å². The summed E-state index contributed by atoms with van der Waals surface area (Å²) >= 11 is 3.40. The predicted octanol–water partition coefficient (Wildman–Crippen LogP) is 3.47. The zero-order chi connectivity index (χ0) is 18.6. The van der Waals surface area contributed by atoms with Crippen LogP contribution in [0.15, 0.2) is 21.1 Å². The highest BCUT2D eigenvalue weighted by atomic mass is 79.9. The third-order valence-electron chi connectivity index (χ3n) is 3.30. The number of hydrogen-bond acceptors (Lipinski definition) is 6. The van der Waals surface area contributed by atoms with Crippen LogP contribution >= 0.6 is 15.9 Å². The molecule has 0 saturated carbocycles. The third-order valence-corrected chi connectivity index (χ3v) is 3.89. The molecule has 0 aliphatic heterocycles. The molecule has 25 heavy (non-hydrogen) atoms. The zero-order valence-corrected chi connectivity index (χ0v) is 16.6. The first-order valence-electron chi connectivity index (χ1n) is 7.87. The lowest BCUT2D eigenvalue weighted by molar-refractivity contribution is 0.0949. The van der Waals surface area contributed by atoms with Crippen LogP contribution in [0.2, 0.25) is 0 Å². The Morgan fingerprint density at radius 1 is 1.36 bits per heavy atom. The lowest BCUT2D eigenvalue weighted by Gasteiger charge is -2.13. The van der Waals surface area contributed by atoms with Crippen molar-refractivity contribution in [1.82, 2.24) is 15.5 Å². The first-order valence-corrected chi connectivity index (χ1v) is 8.67. The normalized spacial score (nSPS) is 11.3. The molecule has 0 aliphatic rings. The monoisotopic (exact) mass is 411 g/mol. The molecule has 0 saturated heterocycles. The van der Waals surface area contributed by atoms with Gasteiger partial charge in [-0.05, 0) is 35.0 Å². The molecule has 7 nitrogen and oxygen atoms in total. The maximum absolute atomic E-state index is 12.4. The van der Waals surface area contributed by atoms with Gasteiger partial charge < -0.3 is 19.3 Å². The standard InChI is InChI=1S/C17H22BrN3O4/c1-6-24-14-11(18)7-10(8-12(14)23-5)15(22)19-9-13-20-16(25-21-13)17(2,3)4/h7-8H,6,9H2,1-5H3,(H,19,22). The molecule has 0 fully saturated rings. The molecule has 1 N–H and O–H groups in total. The van der Waals surface area contributed by atoms with Crippen LogP contribution in [0.1, 0.15) is 49.8 Å². The molecule has 136 valence electrons. The summed E-state index contributed by atoms with van der Waals surface area (Å²) in [6, 6.07) is 3.31. The molecule has 2 aromatic rings. The van der Waals surface area contributed by atoms with E-state index in [2.05, 4.69) is 31.4 Å². The predicted molar refractivity (Wildman–Crippen MR) is 96.0 cm³/mol. The van der Waals surface area contributed by atoms with Crippen molar-refractivity contribution < 1.29 is 18.8 Å². The van der Waals surface area contributed by atoms with Gasteiger partial charge in [-0.25, -0.2) is 0 Å². The second-order valence-electron chi connectivity index (χ2n) is 6.37. The van der Waals surface area contributed by atoms with Gasteiger partial charge in [0.25, 0.3) is 5.91 Å². The van der Waals surface area contributed by atoms with Gasteiger partial charge in [0.2, 0.25) is 5.89 Å². The van der Waals surface area contributed by atoms with Gasteiger partial charge in [-0.2, -0.15) is 4.98 Å². The number of nitrogens with one attached hydrogen (secondary N) is 1. The zero-order valence-electron chi connectivity index (χ0n) is 15.0. The van der Waals surface area contributed by atoms with E-state index >= 15 is 0 Å². The van der Waals surface area contributed by atoms with Crippen LogP contribution in [-0.4, -0.2) is 29.8 Å². The lowest BCUT2D eigenvalue weighted by atomic mass is 9.97.